The number of anilines is 1. The predicted octanol–water partition coefficient (Wildman–Crippen LogP) is 5.71. The summed E-state index contributed by atoms with van der Waals surface area (Å²) in [5.41, 5.74) is 4.82. The van der Waals surface area contributed by atoms with Gasteiger partial charge in [-0.2, -0.15) is 18.3 Å². The molecule has 0 aliphatic heterocycles. The van der Waals surface area contributed by atoms with Crippen molar-refractivity contribution in [2.45, 2.75) is 51.1 Å². The van der Waals surface area contributed by atoms with Crippen molar-refractivity contribution in [3.05, 3.63) is 65.2 Å². The van der Waals surface area contributed by atoms with Gasteiger partial charge in [0.15, 0.2) is 0 Å². The molecule has 1 aliphatic rings. The van der Waals surface area contributed by atoms with E-state index in [0.717, 1.165) is 17.7 Å². The maximum absolute atomic E-state index is 12.7. The summed E-state index contributed by atoms with van der Waals surface area (Å²) in [5, 5.41) is 6.79. The summed E-state index contributed by atoms with van der Waals surface area (Å²) < 4.78 is 38.2. The Hall–Kier alpha value is -2.83. The molecule has 2 N–H and O–H groups in total. The molecule has 0 radical (unpaired) electrons. The zero-order valence-corrected chi connectivity index (χ0v) is 16.9. The van der Waals surface area contributed by atoms with Crippen LogP contribution in [0, 0.1) is 0 Å². The van der Waals surface area contributed by atoms with Gasteiger partial charge in [0.2, 0.25) is 0 Å². The average Bonchev–Trinajstić information content (AvgIpc) is 2.76. The molecule has 0 atom stereocenters. The Morgan fingerprint density at radius 1 is 1.07 bits per heavy atom. The van der Waals surface area contributed by atoms with E-state index in [1.54, 1.807) is 6.92 Å². The molecule has 1 fully saturated rings. The van der Waals surface area contributed by atoms with Crippen LogP contribution in [0.2, 0.25) is 0 Å². The van der Waals surface area contributed by atoms with E-state index in [0.29, 0.717) is 11.6 Å². The molecule has 1 saturated carbocycles. The van der Waals surface area contributed by atoms with Gasteiger partial charge in [0.05, 0.1) is 17.8 Å². The van der Waals surface area contributed by atoms with Crippen molar-refractivity contribution >= 4 is 17.3 Å². The van der Waals surface area contributed by atoms with Gasteiger partial charge in [-0.15, -0.1) is 0 Å². The molecular weight excluding hydrogens is 391 g/mol. The molecule has 3 rings (SSSR count). The van der Waals surface area contributed by atoms with Crippen molar-refractivity contribution in [1.29, 1.82) is 0 Å². The summed E-state index contributed by atoms with van der Waals surface area (Å²) >= 11 is 0. The minimum Gasteiger partial charge on any atom is -0.376 e. The lowest BCUT2D eigenvalue weighted by Gasteiger charge is -2.22. The first-order valence-corrected chi connectivity index (χ1v) is 10.2. The lowest BCUT2D eigenvalue weighted by molar-refractivity contribution is -0.137. The minimum atomic E-state index is -4.42. The van der Waals surface area contributed by atoms with Gasteiger partial charge in [0.1, 0.15) is 0 Å². The van der Waals surface area contributed by atoms with Crippen molar-refractivity contribution in [3.63, 3.8) is 0 Å². The molecule has 30 heavy (non-hydrogen) atoms. The van der Waals surface area contributed by atoms with E-state index in [2.05, 4.69) is 28.0 Å². The van der Waals surface area contributed by atoms with Crippen LogP contribution >= 0.6 is 0 Å². The van der Waals surface area contributed by atoms with Crippen LogP contribution in [0.4, 0.5) is 18.9 Å². The molecular formula is C23H26F3N3O. The van der Waals surface area contributed by atoms with Crippen molar-refractivity contribution in [1.82, 2.24) is 5.43 Å². The molecule has 0 aromatic heterocycles. The maximum Gasteiger partial charge on any atom is 0.416 e. The van der Waals surface area contributed by atoms with E-state index >= 15 is 0 Å². The fourth-order valence-corrected chi connectivity index (χ4v) is 3.67. The van der Waals surface area contributed by atoms with Gasteiger partial charge >= 0.3 is 6.18 Å². The van der Waals surface area contributed by atoms with E-state index in [9.17, 15) is 18.0 Å². The highest BCUT2D eigenvalue weighted by atomic mass is 19.4. The number of alkyl halides is 3. The van der Waals surface area contributed by atoms with E-state index in [-0.39, 0.29) is 12.2 Å². The van der Waals surface area contributed by atoms with Crippen LogP contribution in [0.5, 0.6) is 0 Å². The molecule has 2 aromatic carbocycles. The van der Waals surface area contributed by atoms with Gasteiger partial charge in [-0.1, -0.05) is 49.6 Å². The molecule has 2 aromatic rings. The van der Waals surface area contributed by atoms with E-state index < -0.39 is 17.6 Å². The van der Waals surface area contributed by atoms with Gasteiger partial charge in [0.25, 0.3) is 5.91 Å². The minimum absolute atomic E-state index is 0.182. The number of hydrogen-bond acceptors (Lipinski definition) is 3. The quantitative estimate of drug-likeness (QED) is 0.468. The number of carbonyl (C=O) groups is 1. The van der Waals surface area contributed by atoms with Crippen molar-refractivity contribution in [2.75, 3.05) is 11.9 Å². The van der Waals surface area contributed by atoms with Crippen LogP contribution < -0.4 is 10.7 Å². The number of carbonyl (C=O) groups excluding carboxylic acids is 1. The molecule has 160 valence electrons. The summed E-state index contributed by atoms with van der Waals surface area (Å²) in [6.07, 6.45) is 1.94. The van der Waals surface area contributed by atoms with Crippen molar-refractivity contribution in [3.8, 4) is 0 Å². The molecule has 0 bridgehead atoms. The van der Waals surface area contributed by atoms with E-state index in [1.807, 2.05) is 12.1 Å². The van der Waals surface area contributed by atoms with Gasteiger partial charge in [-0.25, -0.2) is 5.43 Å². The summed E-state index contributed by atoms with van der Waals surface area (Å²) in [6, 6.07) is 13.0. The largest absolute Gasteiger partial charge is 0.416 e. The second kappa shape index (κ2) is 9.78. The second-order valence-electron chi connectivity index (χ2n) is 7.62. The normalized spacial score (nSPS) is 15.7. The predicted molar refractivity (Wildman–Crippen MR) is 113 cm³/mol. The highest BCUT2D eigenvalue weighted by Crippen LogP contribution is 2.32. The number of benzene rings is 2. The Labute approximate surface area is 174 Å². The zero-order valence-electron chi connectivity index (χ0n) is 16.9. The molecule has 4 nitrogen and oxygen atoms in total. The number of rotatable bonds is 6. The number of hydrogen-bond donors (Lipinski definition) is 2. The van der Waals surface area contributed by atoms with E-state index in [1.165, 1.54) is 49.8 Å². The summed E-state index contributed by atoms with van der Waals surface area (Å²) in [4.78, 5) is 12.0. The lowest BCUT2D eigenvalue weighted by atomic mass is 9.84. The fourth-order valence-electron chi connectivity index (χ4n) is 3.67. The third kappa shape index (κ3) is 6.08. The monoisotopic (exact) mass is 417 g/mol. The first kappa shape index (κ1) is 21.9. The molecule has 1 aliphatic carbocycles. The van der Waals surface area contributed by atoms with E-state index in [4.69, 9.17) is 0 Å². The number of nitrogens with one attached hydrogen (secondary N) is 2. The zero-order chi connectivity index (χ0) is 21.6. The third-order valence-electron chi connectivity index (χ3n) is 5.40. The Morgan fingerprint density at radius 3 is 2.43 bits per heavy atom. The van der Waals surface area contributed by atoms with Gasteiger partial charge in [-0.3, -0.25) is 4.79 Å². The molecule has 7 heteroatoms. The lowest BCUT2D eigenvalue weighted by Crippen LogP contribution is -2.26. The Bertz CT molecular complexity index is 885. The SMILES string of the molecule is CC(=NNC(=O)CNc1cccc(C(F)(F)F)c1)c1ccc(C2CCCCC2)cc1. The molecule has 0 saturated heterocycles. The summed E-state index contributed by atoms with van der Waals surface area (Å²) in [6.45, 7) is 1.62. The average molecular weight is 417 g/mol. The number of nitrogens with zero attached hydrogens (tertiary/aromatic N) is 1. The molecule has 0 spiro atoms. The standard InChI is InChI=1S/C23H26F3N3O/c1-16(17-10-12-19(13-11-17)18-6-3-2-4-7-18)28-29-22(30)15-27-21-9-5-8-20(14-21)23(24,25)26/h5,8-14,18,27H,2-4,6-7,15H2,1H3,(H,29,30). The molecule has 0 unspecified atom stereocenters. The second-order valence-corrected chi connectivity index (χ2v) is 7.62. The summed E-state index contributed by atoms with van der Waals surface area (Å²) in [7, 11) is 0. The Kier molecular flexibility index (Phi) is 7.13. The third-order valence-corrected chi connectivity index (χ3v) is 5.40. The highest BCUT2D eigenvalue weighted by molar-refractivity contribution is 5.99. The van der Waals surface area contributed by atoms with Crippen LogP contribution in [0.25, 0.3) is 0 Å². The summed E-state index contributed by atoms with van der Waals surface area (Å²) in [5.74, 6) is 0.192. The van der Waals surface area contributed by atoms with Crippen LogP contribution in [0.3, 0.4) is 0 Å². The van der Waals surface area contributed by atoms with Crippen molar-refractivity contribution < 1.29 is 18.0 Å². The number of amides is 1. The number of hydrazone groups is 1. The maximum atomic E-state index is 12.7. The Balaban J connectivity index is 1.52. The topological polar surface area (TPSA) is 53.5 Å². The van der Waals surface area contributed by atoms with Crippen LogP contribution in [-0.4, -0.2) is 18.2 Å². The van der Waals surface area contributed by atoms with Crippen LogP contribution in [0.1, 0.15) is 61.6 Å². The highest BCUT2D eigenvalue weighted by Gasteiger charge is 2.30. The molecule has 0 heterocycles. The molecule has 1 amide bonds. The van der Waals surface area contributed by atoms with Crippen LogP contribution in [-0.2, 0) is 11.0 Å². The van der Waals surface area contributed by atoms with Crippen LogP contribution in [0.15, 0.2) is 53.6 Å². The first-order chi connectivity index (χ1) is 14.3. The Morgan fingerprint density at radius 2 is 1.77 bits per heavy atom. The number of halogens is 3. The first-order valence-electron chi connectivity index (χ1n) is 10.2. The smallest absolute Gasteiger partial charge is 0.376 e. The van der Waals surface area contributed by atoms with Gasteiger partial charge in [-0.05, 0) is 55.0 Å². The van der Waals surface area contributed by atoms with Crippen molar-refractivity contribution in [2.24, 2.45) is 5.10 Å². The van der Waals surface area contributed by atoms with Gasteiger partial charge in [0, 0.05) is 5.69 Å². The van der Waals surface area contributed by atoms with Gasteiger partial charge < -0.3 is 5.32 Å². The fraction of sp³-hybridized carbons (Fsp3) is 0.391.